The molecule has 0 saturated heterocycles. The van der Waals surface area contributed by atoms with Crippen molar-refractivity contribution in [3.05, 3.63) is 34.5 Å². The van der Waals surface area contributed by atoms with Crippen molar-refractivity contribution in [2.45, 2.75) is 65.5 Å². The van der Waals surface area contributed by atoms with Crippen molar-refractivity contribution in [2.75, 3.05) is 13.1 Å². The van der Waals surface area contributed by atoms with Gasteiger partial charge in [-0.1, -0.05) is 39.2 Å². The van der Waals surface area contributed by atoms with Gasteiger partial charge in [-0.15, -0.1) is 21.5 Å². The Morgan fingerprint density at radius 3 is 2.92 bits per heavy atom. The summed E-state index contributed by atoms with van der Waals surface area (Å²) in [4.78, 5) is 6.08. The van der Waals surface area contributed by atoms with Gasteiger partial charge in [-0.3, -0.25) is 4.99 Å². The number of rotatable bonds is 11. The van der Waals surface area contributed by atoms with Crippen molar-refractivity contribution in [1.82, 2.24) is 25.4 Å². The molecule has 2 N–H and O–H groups in total. The monoisotopic (exact) mass is 376 g/mol. The highest BCUT2D eigenvalue weighted by molar-refractivity contribution is 7.10. The van der Waals surface area contributed by atoms with Crippen molar-refractivity contribution in [2.24, 2.45) is 4.99 Å². The molecule has 2 aromatic rings. The van der Waals surface area contributed by atoms with Gasteiger partial charge in [0.05, 0.1) is 6.04 Å². The van der Waals surface area contributed by atoms with Crippen LogP contribution in [0.4, 0.5) is 0 Å². The Kier molecular flexibility index (Phi) is 9.17. The van der Waals surface area contributed by atoms with E-state index in [1.807, 2.05) is 0 Å². The first-order chi connectivity index (χ1) is 12.7. The maximum Gasteiger partial charge on any atom is 0.191 e. The van der Waals surface area contributed by atoms with Crippen LogP contribution in [-0.4, -0.2) is 33.8 Å². The van der Waals surface area contributed by atoms with Crippen LogP contribution in [-0.2, 0) is 13.0 Å². The fraction of sp³-hybridized carbons (Fsp3) is 0.632. The first-order valence-corrected chi connectivity index (χ1v) is 10.6. The van der Waals surface area contributed by atoms with Gasteiger partial charge in [0.25, 0.3) is 0 Å². The molecule has 7 heteroatoms. The lowest BCUT2D eigenvalue weighted by atomic mass is 10.2. The van der Waals surface area contributed by atoms with Gasteiger partial charge < -0.3 is 15.2 Å². The Morgan fingerprint density at radius 2 is 2.19 bits per heavy atom. The second-order valence-corrected chi connectivity index (χ2v) is 7.37. The molecule has 0 saturated carbocycles. The van der Waals surface area contributed by atoms with Crippen molar-refractivity contribution in [3.63, 3.8) is 0 Å². The smallest absolute Gasteiger partial charge is 0.191 e. The highest BCUT2D eigenvalue weighted by Gasteiger charge is 2.09. The number of aryl methyl sites for hydroxylation is 1. The molecule has 0 aliphatic rings. The zero-order valence-electron chi connectivity index (χ0n) is 16.2. The van der Waals surface area contributed by atoms with Gasteiger partial charge in [-0.25, -0.2) is 0 Å². The van der Waals surface area contributed by atoms with Gasteiger partial charge in [0.15, 0.2) is 5.96 Å². The lowest BCUT2D eigenvalue weighted by molar-refractivity contribution is 0.617. The number of hydrogen-bond acceptors (Lipinski definition) is 4. The summed E-state index contributed by atoms with van der Waals surface area (Å²) in [5.74, 6) is 1.90. The largest absolute Gasteiger partial charge is 0.355 e. The van der Waals surface area contributed by atoms with Gasteiger partial charge >= 0.3 is 0 Å². The summed E-state index contributed by atoms with van der Waals surface area (Å²) in [6, 6.07) is 4.50. The van der Waals surface area contributed by atoms with E-state index >= 15 is 0 Å². The molecule has 0 fully saturated rings. The first-order valence-electron chi connectivity index (χ1n) is 9.69. The third-order valence-corrected chi connectivity index (χ3v) is 5.32. The zero-order chi connectivity index (χ0) is 18.6. The number of guanidine groups is 1. The van der Waals surface area contributed by atoms with Gasteiger partial charge in [-0.05, 0) is 24.8 Å². The molecule has 0 aromatic carbocycles. The molecule has 2 aromatic heterocycles. The van der Waals surface area contributed by atoms with E-state index in [9.17, 15) is 0 Å². The van der Waals surface area contributed by atoms with Crippen molar-refractivity contribution < 1.29 is 0 Å². The first kappa shape index (κ1) is 20.4. The maximum atomic E-state index is 4.77. The highest BCUT2D eigenvalue weighted by Crippen LogP contribution is 2.17. The second-order valence-electron chi connectivity index (χ2n) is 6.39. The molecular formula is C19H32N6S. The standard InChI is InChI=1S/C19H32N6S/c1-4-6-7-8-11-20-19(23-16(3)17-10-9-14-26-17)21-12-13-25-15-22-24-18(25)5-2/h9-10,14-16H,4-8,11-13H2,1-3H3,(H2,20,21,23). The number of aliphatic imine (C=N–C) groups is 1. The highest BCUT2D eigenvalue weighted by atomic mass is 32.1. The number of hydrogen-bond donors (Lipinski definition) is 2. The summed E-state index contributed by atoms with van der Waals surface area (Å²) in [5.41, 5.74) is 0. The summed E-state index contributed by atoms with van der Waals surface area (Å²) >= 11 is 1.77. The molecule has 1 unspecified atom stereocenters. The van der Waals surface area contributed by atoms with Crippen LogP contribution in [0, 0.1) is 0 Å². The van der Waals surface area contributed by atoms with Crippen LogP contribution in [0.3, 0.4) is 0 Å². The summed E-state index contributed by atoms with van der Waals surface area (Å²) < 4.78 is 2.09. The van der Waals surface area contributed by atoms with Gasteiger partial charge in [0.2, 0.25) is 0 Å². The van der Waals surface area contributed by atoms with E-state index in [0.717, 1.165) is 44.3 Å². The predicted octanol–water partition coefficient (Wildman–Crippen LogP) is 3.78. The van der Waals surface area contributed by atoms with E-state index < -0.39 is 0 Å². The van der Waals surface area contributed by atoms with Crippen molar-refractivity contribution >= 4 is 17.3 Å². The average Bonchev–Trinajstić information content (AvgIpc) is 3.32. The van der Waals surface area contributed by atoms with Gasteiger partial charge in [0.1, 0.15) is 12.2 Å². The van der Waals surface area contributed by atoms with Crippen LogP contribution in [0.25, 0.3) is 0 Å². The SMILES string of the molecule is CCCCCCN=C(NCCn1cnnc1CC)NC(C)c1cccs1. The molecule has 2 heterocycles. The third kappa shape index (κ3) is 6.78. The molecule has 0 radical (unpaired) electrons. The number of nitrogens with zero attached hydrogens (tertiary/aromatic N) is 4. The molecule has 0 amide bonds. The molecule has 0 aliphatic carbocycles. The van der Waals surface area contributed by atoms with Crippen LogP contribution in [0.15, 0.2) is 28.8 Å². The van der Waals surface area contributed by atoms with E-state index in [4.69, 9.17) is 4.99 Å². The minimum Gasteiger partial charge on any atom is -0.355 e. The summed E-state index contributed by atoms with van der Waals surface area (Å²) in [5, 5.41) is 17.2. The molecule has 26 heavy (non-hydrogen) atoms. The van der Waals surface area contributed by atoms with Gasteiger partial charge in [0, 0.05) is 30.9 Å². The Morgan fingerprint density at radius 1 is 1.31 bits per heavy atom. The molecule has 1 atom stereocenters. The van der Waals surface area contributed by atoms with Crippen LogP contribution < -0.4 is 10.6 Å². The fourth-order valence-corrected chi connectivity index (χ4v) is 3.46. The quantitative estimate of drug-likeness (QED) is 0.356. The molecular weight excluding hydrogens is 344 g/mol. The number of thiophene rings is 1. The Bertz CT molecular complexity index is 634. The normalized spacial score (nSPS) is 13.0. The Hall–Kier alpha value is -1.89. The lowest BCUT2D eigenvalue weighted by Gasteiger charge is -2.18. The van der Waals surface area contributed by atoms with E-state index in [2.05, 4.69) is 63.7 Å². The number of aromatic nitrogens is 3. The minimum atomic E-state index is 0.248. The number of unbranched alkanes of at least 4 members (excludes halogenated alkanes) is 3. The predicted molar refractivity (Wildman–Crippen MR) is 110 cm³/mol. The lowest BCUT2D eigenvalue weighted by Crippen LogP contribution is -2.40. The molecule has 144 valence electrons. The van der Waals surface area contributed by atoms with E-state index in [1.54, 1.807) is 17.7 Å². The summed E-state index contributed by atoms with van der Waals surface area (Å²) in [6.45, 7) is 8.99. The second kappa shape index (κ2) is 11.7. The maximum absolute atomic E-state index is 4.77. The molecule has 0 aliphatic heterocycles. The van der Waals surface area contributed by atoms with Crippen LogP contribution in [0.5, 0.6) is 0 Å². The average molecular weight is 377 g/mol. The van der Waals surface area contributed by atoms with E-state index in [0.29, 0.717) is 0 Å². The molecule has 0 spiro atoms. The topological polar surface area (TPSA) is 67.1 Å². The zero-order valence-corrected chi connectivity index (χ0v) is 17.1. The van der Waals surface area contributed by atoms with Crippen LogP contribution in [0.2, 0.25) is 0 Å². The molecule has 2 rings (SSSR count). The van der Waals surface area contributed by atoms with Crippen molar-refractivity contribution in [1.29, 1.82) is 0 Å². The summed E-state index contributed by atoms with van der Waals surface area (Å²) in [6.07, 6.45) is 7.61. The summed E-state index contributed by atoms with van der Waals surface area (Å²) in [7, 11) is 0. The molecule has 0 bridgehead atoms. The minimum absolute atomic E-state index is 0.248. The van der Waals surface area contributed by atoms with Crippen LogP contribution >= 0.6 is 11.3 Å². The Balaban J connectivity index is 1.87. The van der Waals surface area contributed by atoms with Crippen LogP contribution in [0.1, 0.15) is 63.2 Å². The fourth-order valence-electron chi connectivity index (χ4n) is 2.73. The third-order valence-electron chi connectivity index (χ3n) is 4.26. The van der Waals surface area contributed by atoms with E-state index in [-0.39, 0.29) is 6.04 Å². The van der Waals surface area contributed by atoms with Gasteiger partial charge in [-0.2, -0.15) is 0 Å². The van der Waals surface area contributed by atoms with E-state index in [1.165, 1.54) is 24.1 Å². The molecule has 6 nitrogen and oxygen atoms in total. The van der Waals surface area contributed by atoms with Crippen molar-refractivity contribution in [3.8, 4) is 0 Å². The number of nitrogens with one attached hydrogen (secondary N) is 2. The Labute approximate surface area is 161 Å².